The highest BCUT2D eigenvalue weighted by atomic mass is 16.4. The summed E-state index contributed by atoms with van der Waals surface area (Å²) >= 11 is 0. The first-order chi connectivity index (χ1) is 9.48. The van der Waals surface area contributed by atoms with Crippen molar-refractivity contribution in [2.24, 2.45) is 5.73 Å². The van der Waals surface area contributed by atoms with Crippen LogP contribution >= 0.6 is 0 Å². The lowest BCUT2D eigenvalue weighted by Crippen LogP contribution is -2.50. The van der Waals surface area contributed by atoms with E-state index in [1.165, 1.54) is 32.1 Å². The average molecular weight is 280 g/mol. The lowest BCUT2D eigenvalue weighted by atomic mass is 9.88. The predicted molar refractivity (Wildman–Crippen MR) is 83.1 cm³/mol. The summed E-state index contributed by atoms with van der Waals surface area (Å²) in [6.07, 6.45) is 9.25. The number of unbranched alkanes of at least 4 members (excludes halogenated alkanes) is 2. The molecule has 1 rings (SSSR count). The summed E-state index contributed by atoms with van der Waals surface area (Å²) in [5, 5.41) is 12.9. The average Bonchev–Trinajstić information content (AvgIpc) is 3.17. The van der Waals surface area contributed by atoms with Crippen molar-refractivity contribution in [3.8, 4) is 0 Å². The van der Waals surface area contributed by atoms with Crippen molar-refractivity contribution < 1.29 is 9.90 Å². The summed E-state index contributed by atoms with van der Waals surface area (Å²) in [4.78, 5) is 11.4. The zero-order valence-electron chi connectivity index (χ0n) is 12.8. The highest BCUT2D eigenvalue weighted by Crippen LogP contribution is 2.40. The monoisotopic (exact) mass is 280 g/mol. The fourth-order valence-corrected chi connectivity index (χ4v) is 2.66. The van der Waals surface area contributed by atoms with Gasteiger partial charge in [-0.3, -0.25) is 4.79 Å². The van der Waals surface area contributed by atoms with Gasteiger partial charge in [0.25, 0.3) is 0 Å². The van der Waals surface area contributed by atoms with Crippen molar-refractivity contribution in [1.82, 2.24) is 5.32 Å². The van der Waals surface area contributed by atoms with Crippen molar-refractivity contribution in [3.63, 3.8) is 0 Å². The molecule has 0 aromatic rings. The molecule has 4 nitrogen and oxygen atoms in total. The second kappa shape index (κ2) is 8.03. The van der Waals surface area contributed by atoms with Crippen molar-refractivity contribution >= 4 is 13.8 Å². The van der Waals surface area contributed by atoms with E-state index in [0.29, 0.717) is 25.7 Å². The van der Waals surface area contributed by atoms with Gasteiger partial charge in [-0.05, 0) is 38.6 Å². The third-order valence-corrected chi connectivity index (χ3v) is 4.44. The summed E-state index contributed by atoms with van der Waals surface area (Å²) in [7, 11) is 5.45. The van der Waals surface area contributed by atoms with Crippen LogP contribution in [0.25, 0.3) is 0 Å². The standard InChI is InChI=1S/C15H29BN2O2/c1-2-3-6-14(8-9-14)18-12-10-15(17,13(19)20)7-4-5-11-16/h18H,2-12,17H2,1H3,(H,19,20). The second-order valence-electron chi connectivity index (χ2n) is 6.27. The number of carboxylic acid groups (broad SMARTS) is 1. The van der Waals surface area contributed by atoms with Gasteiger partial charge in [-0.1, -0.05) is 38.9 Å². The summed E-state index contributed by atoms with van der Waals surface area (Å²) in [5.74, 6) is -0.894. The fraction of sp³-hybridized carbons (Fsp3) is 0.933. The maximum atomic E-state index is 11.4. The quantitative estimate of drug-likeness (QED) is 0.378. The number of nitrogens with two attached hydrogens (primary N) is 1. The van der Waals surface area contributed by atoms with E-state index in [1.54, 1.807) is 0 Å². The molecule has 5 heteroatoms. The Kier molecular flexibility index (Phi) is 7.03. The van der Waals surface area contributed by atoms with Gasteiger partial charge in [0.2, 0.25) is 0 Å². The number of rotatable bonds is 12. The van der Waals surface area contributed by atoms with E-state index < -0.39 is 11.5 Å². The number of aliphatic carboxylic acids is 1. The summed E-state index contributed by atoms with van der Waals surface area (Å²) < 4.78 is 0. The Morgan fingerprint density at radius 3 is 2.55 bits per heavy atom. The van der Waals surface area contributed by atoms with Crippen molar-refractivity contribution in [2.75, 3.05) is 6.54 Å². The maximum Gasteiger partial charge on any atom is 0.323 e. The first-order valence-corrected chi connectivity index (χ1v) is 7.95. The summed E-state index contributed by atoms with van der Waals surface area (Å²) in [5.41, 5.74) is 5.23. The molecule has 1 aliphatic carbocycles. The van der Waals surface area contributed by atoms with E-state index in [0.717, 1.165) is 12.8 Å². The molecule has 0 aromatic heterocycles. The van der Waals surface area contributed by atoms with Crippen LogP contribution in [0.2, 0.25) is 6.32 Å². The summed E-state index contributed by atoms with van der Waals surface area (Å²) in [6.45, 7) is 2.89. The molecule has 2 radical (unpaired) electrons. The van der Waals surface area contributed by atoms with Crippen molar-refractivity contribution in [3.05, 3.63) is 0 Å². The normalized spacial score (nSPS) is 19.5. The number of carbonyl (C=O) groups is 1. The molecule has 4 N–H and O–H groups in total. The first kappa shape index (κ1) is 17.5. The third kappa shape index (κ3) is 5.45. The molecule has 1 aliphatic rings. The van der Waals surface area contributed by atoms with Gasteiger partial charge >= 0.3 is 5.97 Å². The molecule has 20 heavy (non-hydrogen) atoms. The highest BCUT2D eigenvalue weighted by Gasteiger charge is 2.42. The Hall–Kier alpha value is -0.545. The van der Waals surface area contributed by atoms with E-state index in [-0.39, 0.29) is 5.54 Å². The van der Waals surface area contributed by atoms with Gasteiger partial charge in [-0.25, -0.2) is 0 Å². The minimum atomic E-state index is -1.11. The van der Waals surface area contributed by atoms with Gasteiger partial charge in [0.05, 0.1) is 7.85 Å². The molecular formula is C15H29BN2O2. The molecule has 1 atom stereocenters. The van der Waals surface area contributed by atoms with Crippen LogP contribution in [0.3, 0.4) is 0 Å². The number of hydrogen-bond acceptors (Lipinski definition) is 3. The molecule has 0 saturated heterocycles. The molecule has 0 bridgehead atoms. The second-order valence-corrected chi connectivity index (χ2v) is 6.27. The Balaban J connectivity index is 2.33. The van der Waals surface area contributed by atoms with Crippen molar-refractivity contribution in [2.45, 2.75) is 82.1 Å². The van der Waals surface area contributed by atoms with Crippen LogP contribution in [0, 0.1) is 0 Å². The van der Waals surface area contributed by atoms with E-state index in [1.807, 2.05) is 0 Å². The van der Waals surface area contributed by atoms with Gasteiger partial charge in [0.15, 0.2) is 0 Å². The lowest BCUT2D eigenvalue weighted by molar-refractivity contribution is -0.144. The maximum absolute atomic E-state index is 11.4. The topological polar surface area (TPSA) is 75.3 Å². The Labute approximate surface area is 124 Å². The van der Waals surface area contributed by atoms with E-state index in [4.69, 9.17) is 13.6 Å². The molecule has 0 amide bonds. The minimum Gasteiger partial charge on any atom is -0.480 e. The van der Waals surface area contributed by atoms with Crippen LogP contribution in [0.4, 0.5) is 0 Å². The van der Waals surface area contributed by atoms with Gasteiger partial charge < -0.3 is 16.2 Å². The first-order valence-electron chi connectivity index (χ1n) is 7.95. The van der Waals surface area contributed by atoms with E-state index in [9.17, 15) is 9.90 Å². The molecule has 1 fully saturated rings. The highest BCUT2D eigenvalue weighted by molar-refractivity contribution is 6.08. The summed E-state index contributed by atoms with van der Waals surface area (Å²) in [6, 6.07) is 0. The van der Waals surface area contributed by atoms with Crippen LogP contribution < -0.4 is 11.1 Å². The third-order valence-electron chi connectivity index (χ3n) is 4.44. The van der Waals surface area contributed by atoms with Gasteiger partial charge in [-0.15, -0.1) is 0 Å². The largest absolute Gasteiger partial charge is 0.480 e. The fourth-order valence-electron chi connectivity index (χ4n) is 2.66. The molecule has 1 saturated carbocycles. The predicted octanol–water partition coefficient (Wildman–Crippen LogP) is 2.23. The molecule has 0 spiro atoms. The van der Waals surface area contributed by atoms with Crippen LogP contribution in [0.5, 0.6) is 0 Å². The number of nitrogens with one attached hydrogen (secondary N) is 1. The Morgan fingerprint density at radius 1 is 1.35 bits per heavy atom. The molecular weight excluding hydrogens is 251 g/mol. The Morgan fingerprint density at radius 2 is 2.05 bits per heavy atom. The van der Waals surface area contributed by atoms with Crippen LogP contribution in [0.1, 0.15) is 64.7 Å². The number of carboxylic acids is 1. The smallest absolute Gasteiger partial charge is 0.323 e. The van der Waals surface area contributed by atoms with Crippen LogP contribution in [-0.2, 0) is 4.79 Å². The van der Waals surface area contributed by atoms with Gasteiger partial charge in [0, 0.05) is 5.54 Å². The number of hydrogen-bond donors (Lipinski definition) is 3. The zero-order valence-corrected chi connectivity index (χ0v) is 12.8. The molecule has 0 aromatic carbocycles. The zero-order chi connectivity index (χ0) is 15.1. The Bertz CT molecular complexity index is 308. The molecule has 0 aliphatic heterocycles. The SMILES string of the molecule is [B]CCCCC(N)(CCNC1(CCCC)CC1)C(=O)O. The minimum absolute atomic E-state index is 0.284. The van der Waals surface area contributed by atoms with E-state index in [2.05, 4.69) is 12.2 Å². The molecule has 0 heterocycles. The van der Waals surface area contributed by atoms with Crippen molar-refractivity contribution in [1.29, 1.82) is 0 Å². The van der Waals surface area contributed by atoms with Gasteiger partial charge in [0.1, 0.15) is 5.54 Å². The van der Waals surface area contributed by atoms with Crippen LogP contribution in [-0.4, -0.2) is 36.5 Å². The lowest BCUT2D eigenvalue weighted by Gasteiger charge is -2.26. The molecule has 1 unspecified atom stereocenters. The van der Waals surface area contributed by atoms with Crippen LogP contribution in [0.15, 0.2) is 0 Å². The van der Waals surface area contributed by atoms with E-state index >= 15 is 0 Å². The molecule has 114 valence electrons. The van der Waals surface area contributed by atoms with Gasteiger partial charge in [-0.2, -0.15) is 0 Å².